The lowest BCUT2D eigenvalue weighted by atomic mass is 9.99. The maximum Gasteiger partial charge on any atom is 0.0715 e. The fraction of sp³-hybridized carbons (Fsp3) is 0.0426. The molecule has 1 atom stereocenters. The third-order valence-electron chi connectivity index (χ3n) is 10.2. The molecule has 0 radical (unpaired) electrons. The van der Waals surface area contributed by atoms with Crippen molar-refractivity contribution in [3.05, 3.63) is 182 Å². The summed E-state index contributed by atoms with van der Waals surface area (Å²) in [6.07, 6.45) is 9.95. The third kappa shape index (κ3) is 4.55. The van der Waals surface area contributed by atoms with E-state index >= 15 is 0 Å². The molecule has 0 aliphatic heterocycles. The molecule has 3 aromatic heterocycles. The molecule has 236 valence electrons. The molecular formula is C47H33N3. The number of aromatic nitrogens is 3. The number of nitrogens with zero attached hydrogens (tertiary/aromatic N) is 3. The van der Waals surface area contributed by atoms with Gasteiger partial charge in [0, 0.05) is 43.9 Å². The van der Waals surface area contributed by atoms with E-state index in [0.29, 0.717) is 0 Å². The first-order valence-corrected chi connectivity index (χ1v) is 17.3. The lowest BCUT2D eigenvalue weighted by molar-refractivity contribution is 0.649. The Morgan fingerprint density at radius 3 is 1.86 bits per heavy atom. The molecule has 6 aromatic carbocycles. The van der Waals surface area contributed by atoms with Crippen LogP contribution < -0.4 is 0 Å². The first-order chi connectivity index (χ1) is 24.8. The van der Waals surface area contributed by atoms with Crippen LogP contribution in [0, 0.1) is 0 Å². The normalized spacial score (nSPS) is 14.4. The zero-order chi connectivity index (χ0) is 33.0. The monoisotopic (exact) mass is 639 g/mol. The molecule has 3 nitrogen and oxygen atoms in total. The highest BCUT2D eigenvalue weighted by Crippen LogP contribution is 2.43. The molecule has 0 saturated heterocycles. The van der Waals surface area contributed by atoms with Gasteiger partial charge in [-0.15, -0.1) is 0 Å². The molecule has 0 bridgehead atoms. The molecular weight excluding hydrogens is 607 g/mol. The van der Waals surface area contributed by atoms with Gasteiger partial charge < -0.3 is 9.13 Å². The van der Waals surface area contributed by atoms with Gasteiger partial charge in [0.1, 0.15) is 0 Å². The van der Waals surface area contributed by atoms with E-state index in [1.165, 1.54) is 43.6 Å². The van der Waals surface area contributed by atoms with Crippen LogP contribution in [0.2, 0.25) is 0 Å². The first-order valence-electron chi connectivity index (χ1n) is 17.3. The van der Waals surface area contributed by atoms with E-state index in [1.807, 2.05) is 0 Å². The van der Waals surface area contributed by atoms with E-state index in [1.54, 1.807) is 0 Å². The van der Waals surface area contributed by atoms with Crippen molar-refractivity contribution in [3.8, 4) is 39.3 Å². The fourth-order valence-corrected chi connectivity index (χ4v) is 7.96. The second kappa shape index (κ2) is 11.6. The highest BCUT2D eigenvalue weighted by Gasteiger charge is 2.23. The van der Waals surface area contributed by atoms with E-state index in [9.17, 15) is 0 Å². The van der Waals surface area contributed by atoms with Gasteiger partial charge in [0.25, 0.3) is 0 Å². The van der Waals surface area contributed by atoms with Gasteiger partial charge in [-0.05, 0) is 60.0 Å². The number of hydrogen-bond acceptors (Lipinski definition) is 1. The number of rotatable bonds is 5. The highest BCUT2D eigenvalue weighted by molar-refractivity contribution is 6.25. The van der Waals surface area contributed by atoms with Crippen LogP contribution in [0.15, 0.2) is 182 Å². The second-order valence-corrected chi connectivity index (χ2v) is 13.1. The van der Waals surface area contributed by atoms with Crippen LogP contribution in [0.5, 0.6) is 0 Å². The Labute approximate surface area is 290 Å². The molecule has 3 heterocycles. The van der Waals surface area contributed by atoms with Crippen LogP contribution in [0.3, 0.4) is 0 Å². The molecule has 3 heteroatoms. The van der Waals surface area contributed by atoms with Gasteiger partial charge in [-0.2, -0.15) is 0 Å². The zero-order valence-electron chi connectivity index (χ0n) is 27.4. The number of para-hydroxylation sites is 2. The smallest absolute Gasteiger partial charge is 0.0715 e. The van der Waals surface area contributed by atoms with E-state index in [2.05, 4.69) is 191 Å². The molecule has 0 fully saturated rings. The summed E-state index contributed by atoms with van der Waals surface area (Å²) >= 11 is 0. The topological polar surface area (TPSA) is 22.8 Å². The van der Waals surface area contributed by atoms with Crippen molar-refractivity contribution in [3.63, 3.8) is 0 Å². The SMILES string of the molecule is C1=CCC(n2c3ccccc3c3ccc4c(c5ccccc5n4-c4cccc(-c5cc(-c6ccccc6)nc(-c6ccccc6)c5)c4)c32)C=C1. The standard InChI is InChI=1S/C47H33N3/c1-4-15-32(16-5-1)41-30-35(31-42(48-41)33-17-6-2-7-18-33)34-19-14-22-37(29-34)49-44-26-13-11-24-40(44)46-45(49)28-27-39-38-23-10-12-25-43(38)50(47(39)46)36-20-8-3-9-21-36/h1-20,22-31,36H,21H2. The van der Waals surface area contributed by atoms with E-state index in [4.69, 9.17) is 4.98 Å². The van der Waals surface area contributed by atoms with Crippen molar-refractivity contribution < 1.29 is 0 Å². The Morgan fingerprint density at radius 1 is 0.480 bits per heavy atom. The Bertz CT molecular complexity index is 2720. The van der Waals surface area contributed by atoms with Crippen LogP contribution >= 0.6 is 0 Å². The molecule has 9 aromatic rings. The fourth-order valence-electron chi connectivity index (χ4n) is 7.96. The Kier molecular flexibility index (Phi) is 6.63. The van der Waals surface area contributed by atoms with Crippen molar-refractivity contribution >= 4 is 43.6 Å². The summed E-state index contributed by atoms with van der Waals surface area (Å²) in [5, 5.41) is 5.16. The summed E-state index contributed by atoms with van der Waals surface area (Å²) in [6.45, 7) is 0. The van der Waals surface area contributed by atoms with Crippen molar-refractivity contribution in [2.24, 2.45) is 0 Å². The molecule has 1 aliphatic carbocycles. The van der Waals surface area contributed by atoms with Gasteiger partial charge in [0.05, 0.1) is 34.0 Å². The van der Waals surface area contributed by atoms with Crippen LogP contribution in [0.25, 0.3) is 82.9 Å². The van der Waals surface area contributed by atoms with Gasteiger partial charge in [-0.3, -0.25) is 0 Å². The number of fused-ring (bicyclic) bond motifs is 7. The van der Waals surface area contributed by atoms with Gasteiger partial charge in [0.2, 0.25) is 0 Å². The minimum absolute atomic E-state index is 0.253. The largest absolute Gasteiger partial charge is 0.333 e. The van der Waals surface area contributed by atoms with Gasteiger partial charge in [0.15, 0.2) is 0 Å². The van der Waals surface area contributed by atoms with Crippen LogP contribution in [-0.2, 0) is 0 Å². The van der Waals surface area contributed by atoms with Crippen molar-refractivity contribution in [1.29, 1.82) is 0 Å². The summed E-state index contributed by atoms with van der Waals surface area (Å²) in [6, 6.07) is 57.0. The van der Waals surface area contributed by atoms with Crippen LogP contribution in [-0.4, -0.2) is 14.1 Å². The second-order valence-electron chi connectivity index (χ2n) is 13.1. The highest BCUT2D eigenvalue weighted by atomic mass is 15.0. The van der Waals surface area contributed by atoms with Crippen molar-refractivity contribution in [2.45, 2.75) is 12.5 Å². The van der Waals surface area contributed by atoms with Crippen LogP contribution in [0.1, 0.15) is 12.5 Å². The van der Waals surface area contributed by atoms with Gasteiger partial charge in [-0.25, -0.2) is 4.98 Å². The number of hydrogen-bond donors (Lipinski definition) is 0. The minimum Gasteiger partial charge on any atom is -0.333 e. The Hall–Kier alpha value is -6.45. The van der Waals surface area contributed by atoms with Gasteiger partial charge in [-0.1, -0.05) is 140 Å². The maximum atomic E-state index is 5.13. The van der Waals surface area contributed by atoms with Crippen molar-refractivity contribution in [1.82, 2.24) is 14.1 Å². The molecule has 0 spiro atoms. The molecule has 50 heavy (non-hydrogen) atoms. The summed E-state index contributed by atoms with van der Waals surface area (Å²) in [5.74, 6) is 0. The lowest BCUT2D eigenvalue weighted by Gasteiger charge is -2.19. The molecule has 1 aliphatic rings. The summed E-state index contributed by atoms with van der Waals surface area (Å²) in [4.78, 5) is 5.13. The summed E-state index contributed by atoms with van der Waals surface area (Å²) < 4.78 is 5.02. The number of allylic oxidation sites excluding steroid dienone is 4. The first kappa shape index (κ1) is 28.6. The summed E-state index contributed by atoms with van der Waals surface area (Å²) in [5.41, 5.74) is 12.6. The lowest BCUT2D eigenvalue weighted by Crippen LogP contribution is -2.07. The molecule has 10 rings (SSSR count). The third-order valence-corrected chi connectivity index (χ3v) is 10.2. The predicted molar refractivity (Wildman–Crippen MR) is 210 cm³/mol. The minimum atomic E-state index is 0.253. The average molecular weight is 640 g/mol. The average Bonchev–Trinajstić information content (AvgIpc) is 3.72. The quantitative estimate of drug-likeness (QED) is 0.184. The Morgan fingerprint density at radius 2 is 1.14 bits per heavy atom. The Balaban J connectivity index is 1.22. The zero-order valence-corrected chi connectivity index (χ0v) is 27.4. The molecule has 1 unspecified atom stereocenters. The summed E-state index contributed by atoms with van der Waals surface area (Å²) in [7, 11) is 0. The van der Waals surface area contributed by atoms with E-state index in [0.717, 1.165) is 45.7 Å². The number of pyridine rings is 1. The molecule has 0 amide bonds. The predicted octanol–water partition coefficient (Wildman–Crippen LogP) is 12.3. The van der Waals surface area contributed by atoms with Gasteiger partial charge >= 0.3 is 0 Å². The van der Waals surface area contributed by atoms with E-state index in [-0.39, 0.29) is 6.04 Å². The number of benzene rings is 6. The molecule has 0 N–H and O–H groups in total. The van der Waals surface area contributed by atoms with Crippen LogP contribution in [0.4, 0.5) is 0 Å². The maximum absolute atomic E-state index is 5.13. The van der Waals surface area contributed by atoms with E-state index < -0.39 is 0 Å². The molecule has 0 saturated carbocycles. The van der Waals surface area contributed by atoms with Crippen molar-refractivity contribution in [2.75, 3.05) is 0 Å².